The fourth-order valence-electron chi connectivity index (χ4n) is 1.40. The zero-order valence-corrected chi connectivity index (χ0v) is 8.54. The third kappa shape index (κ3) is 1.84. The van der Waals surface area contributed by atoms with Gasteiger partial charge in [-0.05, 0) is 19.3 Å². The summed E-state index contributed by atoms with van der Waals surface area (Å²) in [5.41, 5.74) is 1.15. The molecule has 0 fully saturated rings. The number of hydrogen-bond acceptors (Lipinski definition) is 3. The van der Waals surface area contributed by atoms with Crippen LogP contribution in [0, 0.1) is 0 Å². The summed E-state index contributed by atoms with van der Waals surface area (Å²) in [6.07, 6.45) is 3.34. The van der Waals surface area contributed by atoms with Crippen LogP contribution in [0.5, 0.6) is 0 Å². The molecule has 1 amide bonds. The first kappa shape index (κ1) is 8.97. The number of aromatic nitrogens is 1. The monoisotopic (exact) mass is 216 g/mol. The number of carbonyl (C=O) groups excluding carboxylic acids is 1. The Morgan fingerprint density at radius 1 is 1.62 bits per heavy atom. The van der Waals surface area contributed by atoms with Crippen LogP contribution >= 0.6 is 22.9 Å². The summed E-state index contributed by atoms with van der Waals surface area (Å²) >= 11 is 6.93. The summed E-state index contributed by atoms with van der Waals surface area (Å²) in [4.78, 5) is 16.5. The molecule has 3 nitrogen and oxygen atoms in total. The molecule has 0 unspecified atom stereocenters. The number of carbonyl (C=O) groups is 1. The second-order valence-corrected chi connectivity index (χ2v) is 4.28. The second-order valence-electron chi connectivity index (χ2n) is 2.92. The van der Waals surface area contributed by atoms with E-state index in [0.29, 0.717) is 5.13 Å². The van der Waals surface area contributed by atoms with Gasteiger partial charge in [0.15, 0.2) is 5.13 Å². The first-order valence-corrected chi connectivity index (χ1v) is 5.49. The molecule has 13 heavy (non-hydrogen) atoms. The molecule has 0 spiro atoms. The van der Waals surface area contributed by atoms with Crippen LogP contribution in [0.4, 0.5) is 5.13 Å². The first-order valence-electron chi connectivity index (χ1n) is 4.14. The Morgan fingerprint density at radius 2 is 2.46 bits per heavy atom. The average Bonchev–Trinajstić information content (AvgIpc) is 2.63. The molecule has 1 aliphatic carbocycles. The van der Waals surface area contributed by atoms with E-state index in [-0.39, 0.29) is 11.8 Å². The molecule has 1 aromatic heterocycles. The van der Waals surface area contributed by atoms with Crippen LogP contribution in [-0.4, -0.2) is 16.8 Å². The van der Waals surface area contributed by atoms with Gasteiger partial charge in [-0.1, -0.05) is 0 Å². The van der Waals surface area contributed by atoms with Crippen LogP contribution in [-0.2, 0) is 17.6 Å². The highest BCUT2D eigenvalue weighted by atomic mass is 35.5. The van der Waals surface area contributed by atoms with Crippen molar-refractivity contribution in [2.45, 2.75) is 19.3 Å². The highest BCUT2D eigenvalue weighted by Gasteiger charge is 2.17. The van der Waals surface area contributed by atoms with Gasteiger partial charge in [-0.2, -0.15) is 0 Å². The highest BCUT2D eigenvalue weighted by molar-refractivity contribution is 7.15. The minimum atomic E-state index is -0.186. The molecule has 0 saturated heterocycles. The molecule has 5 heteroatoms. The van der Waals surface area contributed by atoms with Gasteiger partial charge < -0.3 is 5.32 Å². The maximum atomic E-state index is 10.9. The summed E-state index contributed by atoms with van der Waals surface area (Å²) in [7, 11) is 0. The average molecular weight is 217 g/mol. The largest absolute Gasteiger partial charge is 0.301 e. The third-order valence-corrected chi connectivity index (χ3v) is 3.28. The molecular formula is C8H9ClN2OS. The Labute approximate surface area is 85.1 Å². The number of anilines is 1. The van der Waals surface area contributed by atoms with Crippen LogP contribution in [0.25, 0.3) is 0 Å². The lowest BCUT2D eigenvalue weighted by Crippen LogP contribution is -2.12. The van der Waals surface area contributed by atoms with Crippen molar-refractivity contribution in [3.8, 4) is 0 Å². The van der Waals surface area contributed by atoms with Gasteiger partial charge in [0.2, 0.25) is 5.91 Å². The molecule has 0 saturated carbocycles. The van der Waals surface area contributed by atoms with Gasteiger partial charge in [-0.3, -0.25) is 4.79 Å². The van der Waals surface area contributed by atoms with Crippen molar-refractivity contribution in [2.75, 3.05) is 11.2 Å². The minimum Gasteiger partial charge on any atom is -0.301 e. The molecule has 0 radical (unpaired) electrons. The number of rotatable bonds is 2. The Bertz CT molecular complexity index is 315. The molecule has 0 aliphatic heterocycles. The smallest absolute Gasteiger partial charge is 0.241 e. The SMILES string of the molecule is O=C(CCl)Nc1nc2c(s1)CCC2. The fraction of sp³-hybridized carbons (Fsp3) is 0.500. The summed E-state index contributed by atoms with van der Waals surface area (Å²) in [5, 5.41) is 3.35. The zero-order chi connectivity index (χ0) is 9.26. The van der Waals surface area contributed by atoms with Gasteiger partial charge in [-0.15, -0.1) is 22.9 Å². The van der Waals surface area contributed by atoms with Gasteiger partial charge >= 0.3 is 0 Å². The van der Waals surface area contributed by atoms with E-state index in [1.807, 2.05) is 0 Å². The van der Waals surface area contributed by atoms with E-state index in [1.165, 1.54) is 11.3 Å². The van der Waals surface area contributed by atoms with Crippen molar-refractivity contribution in [1.29, 1.82) is 0 Å². The Balaban J connectivity index is 2.10. The molecule has 1 aliphatic rings. The van der Waals surface area contributed by atoms with Crippen molar-refractivity contribution < 1.29 is 4.79 Å². The van der Waals surface area contributed by atoms with Gasteiger partial charge in [-0.25, -0.2) is 4.98 Å². The standard InChI is InChI=1S/C8H9ClN2OS/c9-4-7(12)11-8-10-5-2-1-3-6(5)13-8/h1-4H2,(H,10,11,12). The van der Waals surface area contributed by atoms with E-state index in [4.69, 9.17) is 11.6 Å². The van der Waals surface area contributed by atoms with Crippen molar-refractivity contribution in [3.63, 3.8) is 0 Å². The van der Waals surface area contributed by atoms with E-state index in [0.717, 1.165) is 18.5 Å². The Hall–Kier alpha value is -0.610. The summed E-state index contributed by atoms with van der Waals surface area (Å²) < 4.78 is 0. The van der Waals surface area contributed by atoms with Crippen molar-refractivity contribution in [2.24, 2.45) is 0 Å². The van der Waals surface area contributed by atoms with Gasteiger partial charge in [0.25, 0.3) is 0 Å². The molecule has 1 aromatic rings. The summed E-state index contributed by atoms with van der Waals surface area (Å²) in [6, 6.07) is 0. The molecule has 0 aromatic carbocycles. The molecule has 1 heterocycles. The number of nitrogens with one attached hydrogen (secondary N) is 1. The van der Waals surface area contributed by atoms with E-state index >= 15 is 0 Å². The summed E-state index contributed by atoms with van der Waals surface area (Å²) in [5.74, 6) is -0.196. The van der Waals surface area contributed by atoms with Gasteiger partial charge in [0, 0.05) is 4.88 Å². The normalized spacial score (nSPS) is 14.2. The number of fused-ring (bicyclic) bond motifs is 1. The Morgan fingerprint density at radius 3 is 3.15 bits per heavy atom. The van der Waals surface area contributed by atoms with Crippen LogP contribution in [0.15, 0.2) is 0 Å². The van der Waals surface area contributed by atoms with E-state index in [1.54, 1.807) is 11.3 Å². The van der Waals surface area contributed by atoms with E-state index in [9.17, 15) is 4.79 Å². The van der Waals surface area contributed by atoms with Gasteiger partial charge in [0.1, 0.15) is 5.88 Å². The second kappa shape index (κ2) is 3.64. The molecule has 70 valence electrons. The number of hydrogen-bond donors (Lipinski definition) is 1. The van der Waals surface area contributed by atoms with E-state index in [2.05, 4.69) is 10.3 Å². The Kier molecular flexibility index (Phi) is 2.51. The number of thiazole rings is 1. The minimum absolute atomic E-state index is 0.00968. The number of halogens is 1. The predicted molar refractivity (Wildman–Crippen MR) is 53.5 cm³/mol. The fourth-order valence-corrected chi connectivity index (χ4v) is 2.53. The van der Waals surface area contributed by atoms with E-state index < -0.39 is 0 Å². The third-order valence-electron chi connectivity index (χ3n) is 1.96. The summed E-state index contributed by atoms with van der Waals surface area (Å²) in [6.45, 7) is 0. The highest BCUT2D eigenvalue weighted by Crippen LogP contribution is 2.30. The molecular weight excluding hydrogens is 208 g/mol. The lowest BCUT2D eigenvalue weighted by Gasteiger charge is -1.95. The van der Waals surface area contributed by atoms with Crippen LogP contribution < -0.4 is 5.32 Å². The number of amides is 1. The maximum absolute atomic E-state index is 10.9. The number of alkyl halides is 1. The zero-order valence-electron chi connectivity index (χ0n) is 6.97. The molecule has 2 rings (SSSR count). The van der Waals surface area contributed by atoms with Crippen LogP contribution in [0.1, 0.15) is 17.0 Å². The lowest BCUT2D eigenvalue weighted by molar-refractivity contribution is -0.113. The van der Waals surface area contributed by atoms with Crippen molar-refractivity contribution in [3.05, 3.63) is 10.6 Å². The first-order chi connectivity index (χ1) is 6.29. The van der Waals surface area contributed by atoms with Crippen LogP contribution in [0.2, 0.25) is 0 Å². The molecule has 1 N–H and O–H groups in total. The van der Waals surface area contributed by atoms with Crippen molar-refractivity contribution >= 4 is 34.0 Å². The maximum Gasteiger partial charge on any atom is 0.241 e. The predicted octanol–water partition coefficient (Wildman–Crippen LogP) is 1.81. The van der Waals surface area contributed by atoms with Crippen molar-refractivity contribution in [1.82, 2.24) is 4.98 Å². The lowest BCUT2D eigenvalue weighted by atomic mass is 10.4. The number of nitrogens with zero attached hydrogens (tertiary/aromatic N) is 1. The molecule has 0 bridgehead atoms. The quantitative estimate of drug-likeness (QED) is 0.767. The number of aryl methyl sites for hydroxylation is 2. The molecule has 0 atom stereocenters. The topological polar surface area (TPSA) is 42.0 Å². The van der Waals surface area contributed by atoms with Gasteiger partial charge in [0.05, 0.1) is 5.69 Å². The van der Waals surface area contributed by atoms with Crippen LogP contribution in [0.3, 0.4) is 0 Å².